The first kappa shape index (κ1) is 20.7. The molecule has 0 saturated carbocycles. The van der Waals surface area contributed by atoms with E-state index in [-0.39, 0.29) is 11.7 Å². The minimum absolute atomic E-state index is 0.280. The number of carbonyl (C=O) groups excluding carboxylic acids is 2. The predicted octanol–water partition coefficient (Wildman–Crippen LogP) is 4.19. The van der Waals surface area contributed by atoms with Gasteiger partial charge in [0.1, 0.15) is 11.9 Å². The molecule has 2 amide bonds. The molecule has 0 spiro atoms. The van der Waals surface area contributed by atoms with E-state index in [0.29, 0.717) is 29.5 Å². The van der Waals surface area contributed by atoms with Gasteiger partial charge in [0, 0.05) is 12.4 Å². The number of aryl methyl sites for hydroxylation is 2. The predicted molar refractivity (Wildman–Crippen MR) is 116 cm³/mol. The molecule has 1 aliphatic rings. The van der Waals surface area contributed by atoms with Gasteiger partial charge in [-0.15, -0.1) is 0 Å². The first-order chi connectivity index (χ1) is 14.9. The number of carbonyl (C=O) groups is 2. The number of hydrogen-bond acceptors (Lipinski definition) is 3. The summed E-state index contributed by atoms with van der Waals surface area (Å²) in [4.78, 5) is 32.1. The van der Waals surface area contributed by atoms with Crippen molar-refractivity contribution in [1.82, 2.24) is 9.88 Å². The standard InChI is InChI=1S/C25H24FN3O2/c1-15-12-20-19(21(26)13-15)9-10-22(20)29(25(31)17-7-5-11-28-14-17)23(24(27)30)18-8-4-3-6-16(18)2/h3-8,11-14,22-23H,9-10H2,1-2H3,(H2,27,30)/t22-,23-/m1/s1. The first-order valence-electron chi connectivity index (χ1n) is 10.2. The van der Waals surface area contributed by atoms with Crippen molar-refractivity contribution in [2.75, 3.05) is 0 Å². The van der Waals surface area contributed by atoms with E-state index in [1.54, 1.807) is 24.4 Å². The molecule has 2 aromatic carbocycles. The van der Waals surface area contributed by atoms with Crippen LogP contribution in [0.25, 0.3) is 0 Å². The van der Waals surface area contributed by atoms with Gasteiger partial charge in [0.15, 0.2) is 0 Å². The largest absolute Gasteiger partial charge is 0.368 e. The number of nitrogens with zero attached hydrogens (tertiary/aromatic N) is 2. The number of fused-ring (bicyclic) bond motifs is 1. The van der Waals surface area contributed by atoms with Crippen LogP contribution in [-0.2, 0) is 11.2 Å². The van der Waals surface area contributed by atoms with E-state index in [2.05, 4.69) is 4.98 Å². The lowest BCUT2D eigenvalue weighted by molar-refractivity contribution is -0.123. The van der Waals surface area contributed by atoms with Crippen molar-refractivity contribution in [1.29, 1.82) is 0 Å². The Hall–Kier alpha value is -3.54. The maximum absolute atomic E-state index is 14.7. The number of benzene rings is 2. The Morgan fingerprint density at radius 2 is 1.94 bits per heavy atom. The van der Waals surface area contributed by atoms with E-state index in [0.717, 1.165) is 16.7 Å². The summed E-state index contributed by atoms with van der Waals surface area (Å²) in [5.41, 5.74) is 9.83. The average molecular weight is 417 g/mol. The lowest BCUT2D eigenvalue weighted by Crippen LogP contribution is -2.43. The molecule has 0 aliphatic heterocycles. The van der Waals surface area contributed by atoms with Gasteiger partial charge in [-0.2, -0.15) is 0 Å². The summed E-state index contributed by atoms with van der Waals surface area (Å²) in [6.07, 6.45) is 4.05. The fourth-order valence-electron chi connectivity index (χ4n) is 4.50. The summed E-state index contributed by atoms with van der Waals surface area (Å²) < 4.78 is 14.7. The van der Waals surface area contributed by atoms with Gasteiger partial charge in [-0.25, -0.2) is 4.39 Å². The third-order valence-electron chi connectivity index (χ3n) is 5.91. The molecule has 1 aromatic heterocycles. The summed E-state index contributed by atoms with van der Waals surface area (Å²) in [7, 11) is 0. The summed E-state index contributed by atoms with van der Waals surface area (Å²) >= 11 is 0. The van der Waals surface area contributed by atoms with Gasteiger partial charge in [-0.05, 0) is 72.7 Å². The summed E-state index contributed by atoms with van der Waals surface area (Å²) in [5, 5.41) is 0. The van der Waals surface area contributed by atoms with Crippen molar-refractivity contribution in [2.45, 2.75) is 38.8 Å². The molecule has 0 radical (unpaired) electrons. The quantitative estimate of drug-likeness (QED) is 0.676. The van der Waals surface area contributed by atoms with Crippen LogP contribution in [-0.4, -0.2) is 21.7 Å². The second-order valence-corrected chi connectivity index (χ2v) is 7.98. The summed E-state index contributed by atoms with van der Waals surface area (Å²) in [6.45, 7) is 3.70. The van der Waals surface area contributed by atoms with Crippen molar-refractivity contribution in [3.63, 3.8) is 0 Å². The Kier molecular flexibility index (Phi) is 5.55. The van der Waals surface area contributed by atoms with Crippen LogP contribution in [0.4, 0.5) is 4.39 Å². The minimum atomic E-state index is -0.992. The van der Waals surface area contributed by atoms with Gasteiger partial charge in [-0.3, -0.25) is 14.6 Å². The molecule has 158 valence electrons. The number of primary amides is 1. The van der Waals surface area contributed by atoms with Crippen LogP contribution in [0, 0.1) is 19.7 Å². The molecule has 0 bridgehead atoms. The number of amides is 2. The molecule has 0 unspecified atom stereocenters. The van der Waals surface area contributed by atoms with Gasteiger partial charge in [0.25, 0.3) is 5.91 Å². The fourth-order valence-corrected chi connectivity index (χ4v) is 4.50. The highest BCUT2D eigenvalue weighted by atomic mass is 19.1. The molecule has 2 N–H and O–H groups in total. The van der Waals surface area contributed by atoms with Crippen LogP contribution in [0.5, 0.6) is 0 Å². The molecule has 0 saturated heterocycles. The normalized spacial score (nSPS) is 15.9. The van der Waals surface area contributed by atoms with E-state index >= 15 is 0 Å². The highest BCUT2D eigenvalue weighted by Crippen LogP contribution is 2.42. The summed E-state index contributed by atoms with van der Waals surface area (Å²) in [5.74, 6) is -1.27. The van der Waals surface area contributed by atoms with E-state index in [1.165, 1.54) is 17.2 Å². The maximum Gasteiger partial charge on any atom is 0.256 e. The highest BCUT2D eigenvalue weighted by Gasteiger charge is 2.40. The molecule has 2 atom stereocenters. The molecular weight excluding hydrogens is 393 g/mol. The molecule has 1 aliphatic carbocycles. The number of halogens is 1. The van der Waals surface area contributed by atoms with Gasteiger partial charge in [-0.1, -0.05) is 30.3 Å². The number of nitrogens with two attached hydrogens (primary N) is 1. The number of rotatable bonds is 5. The van der Waals surface area contributed by atoms with Crippen LogP contribution < -0.4 is 5.73 Å². The number of pyridine rings is 1. The Labute approximate surface area is 180 Å². The molecule has 3 aromatic rings. The van der Waals surface area contributed by atoms with E-state index in [4.69, 9.17) is 5.73 Å². The van der Waals surface area contributed by atoms with E-state index < -0.39 is 18.0 Å². The van der Waals surface area contributed by atoms with Crippen molar-refractivity contribution in [3.8, 4) is 0 Å². The fraction of sp³-hybridized carbons (Fsp3) is 0.240. The van der Waals surface area contributed by atoms with Crippen LogP contribution in [0.2, 0.25) is 0 Å². The molecule has 31 heavy (non-hydrogen) atoms. The average Bonchev–Trinajstić information content (AvgIpc) is 3.16. The third-order valence-corrected chi connectivity index (χ3v) is 5.91. The van der Waals surface area contributed by atoms with Crippen LogP contribution >= 0.6 is 0 Å². The summed E-state index contributed by atoms with van der Waals surface area (Å²) in [6, 6.07) is 12.6. The lowest BCUT2D eigenvalue weighted by atomic mass is 9.95. The zero-order chi connectivity index (χ0) is 22.1. The van der Waals surface area contributed by atoms with Gasteiger partial charge in [0.2, 0.25) is 5.91 Å². The molecule has 0 fully saturated rings. The lowest BCUT2D eigenvalue weighted by Gasteiger charge is -2.36. The van der Waals surface area contributed by atoms with E-state index in [1.807, 2.05) is 38.1 Å². The van der Waals surface area contributed by atoms with Crippen LogP contribution in [0.1, 0.15) is 56.7 Å². The van der Waals surface area contributed by atoms with Crippen molar-refractivity contribution >= 4 is 11.8 Å². The SMILES string of the molecule is Cc1cc(F)c2c(c1)[C@H](N(C(=O)c1cccnc1)[C@@H](C(N)=O)c1ccccc1C)CC2. The zero-order valence-electron chi connectivity index (χ0n) is 17.5. The molecule has 5 nitrogen and oxygen atoms in total. The van der Waals surface area contributed by atoms with Crippen LogP contribution in [0.15, 0.2) is 60.9 Å². The van der Waals surface area contributed by atoms with Crippen molar-refractivity contribution < 1.29 is 14.0 Å². The Morgan fingerprint density at radius 3 is 2.61 bits per heavy atom. The number of hydrogen-bond donors (Lipinski definition) is 1. The highest BCUT2D eigenvalue weighted by molar-refractivity contribution is 5.98. The molecule has 6 heteroatoms. The smallest absolute Gasteiger partial charge is 0.256 e. The Morgan fingerprint density at radius 1 is 1.16 bits per heavy atom. The minimum Gasteiger partial charge on any atom is -0.368 e. The Bertz CT molecular complexity index is 1150. The first-order valence-corrected chi connectivity index (χ1v) is 10.2. The zero-order valence-corrected chi connectivity index (χ0v) is 17.5. The van der Waals surface area contributed by atoms with Crippen molar-refractivity contribution in [2.24, 2.45) is 5.73 Å². The van der Waals surface area contributed by atoms with Gasteiger partial charge in [0.05, 0.1) is 11.6 Å². The molecule has 4 rings (SSSR count). The monoisotopic (exact) mass is 417 g/mol. The van der Waals surface area contributed by atoms with Crippen molar-refractivity contribution in [3.05, 3.63) is 100 Å². The number of aromatic nitrogens is 1. The maximum atomic E-state index is 14.7. The molecular formula is C25H24FN3O2. The second kappa shape index (κ2) is 8.30. The topological polar surface area (TPSA) is 76.3 Å². The second-order valence-electron chi connectivity index (χ2n) is 7.98. The van der Waals surface area contributed by atoms with Gasteiger partial charge < -0.3 is 10.6 Å². The third kappa shape index (κ3) is 3.81. The van der Waals surface area contributed by atoms with Crippen LogP contribution in [0.3, 0.4) is 0 Å². The van der Waals surface area contributed by atoms with E-state index in [9.17, 15) is 14.0 Å². The van der Waals surface area contributed by atoms with Gasteiger partial charge >= 0.3 is 0 Å². The molecule has 1 heterocycles. The Balaban J connectivity index is 1.90.